The summed E-state index contributed by atoms with van der Waals surface area (Å²) in [6.45, 7) is 5.23. The second kappa shape index (κ2) is 8.19. The number of carbonyl (C=O) groups is 1. The van der Waals surface area contributed by atoms with Gasteiger partial charge in [-0.25, -0.2) is 9.37 Å². The van der Waals surface area contributed by atoms with Gasteiger partial charge in [0.05, 0.1) is 17.8 Å². The number of hydrogen-bond acceptors (Lipinski definition) is 5. The third kappa shape index (κ3) is 4.39. The summed E-state index contributed by atoms with van der Waals surface area (Å²) < 4.78 is 24.3. The lowest BCUT2D eigenvalue weighted by Crippen LogP contribution is -2.39. The Hall–Kier alpha value is -2.96. The molecule has 1 aliphatic rings. The number of halogens is 1. The molecule has 0 aliphatic carbocycles. The van der Waals surface area contributed by atoms with Crippen LogP contribution >= 0.6 is 0 Å². The molecule has 0 saturated carbocycles. The topological polar surface area (TPSA) is 72.4 Å². The molecule has 0 unspecified atom stereocenters. The molecule has 4 rings (SSSR count). The average Bonchev–Trinajstić information content (AvgIpc) is 3.39. The molecular weight excluding hydrogens is 373 g/mol. The zero-order chi connectivity index (χ0) is 20.4. The molecular formula is C22H24FN3O3. The van der Waals surface area contributed by atoms with Gasteiger partial charge in [0, 0.05) is 25.6 Å². The number of oxazole rings is 1. The van der Waals surface area contributed by atoms with Crippen LogP contribution in [-0.2, 0) is 6.42 Å². The Labute approximate surface area is 168 Å². The Bertz CT molecular complexity index is 977. The molecule has 0 N–H and O–H groups in total. The Morgan fingerprint density at radius 1 is 1.31 bits per heavy atom. The van der Waals surface area contributed by atoms with E-state index >= 15 is 0 Å². The van der Waals surface area contributed by atoms with Crippen molar-refractivity contribution in [1.29, 1.82) is 0 Å². The lowest BCUT2D eigenvalue weighted by Gasteiger charge is -2.30. The van der Waals surface area contributed by atoms with Gasteiger partial charge >= 0.3 is 0 Å². The quantitative estimate of drug-likeness (QED) is 0.632. The van der Waals surface area contributed by atoms with Gasteiger partial charge in [-0.15, -0.1) is 0 Å². The number of amides is 1. The van der Waals surface area contributed by atoms with Crippen molar-refractivity contribution in [3.63, 3.8) is 0 Å². The third-order valence-corrected chi connectivity index (χ3v) is 5.25. The molecule has 6 nitrogen and oxygen atoms in total. The SMILES string of the molecule is CC(C)c1cc(C(=O)N2CCC[C@@H](c3ncc(Cc4ccc(F)cc4)o3)C2)on1. The highest BCUT2D eigenvalue weighted by molar-refractivity contribution is 5.91. The van der Waals surface area contributed by atoms with E-state index in [0.29, 0.717) is 25.4 Å². The van der Waals surface area contributed by atoms with Gasteiger partial charge in [0.2, 0.25) is 5.76 Å². The van der Waals surface area contributed by atoms with Crippen molar-refractivity contribution in [2.75, 3.05) is 13.1 Å². The first-order chi connectivity index (χ1) is 14.0. The minimum absolute atomic E-state index is 0.0437. The van der Waals surface area contributed by atoms with E-state index in [-0.39, 0.29) is 29.3 Å². The highest BCUT2D eigenvalue weighted by atomic mass is 19.1. The minimum atomic E-state index is -0.258. The van der Waals surface area contributed by atoms with Gasteiger partial charge in [-0.05, 0) is 36.5 Å². The van der Waals surface area contributed by atoms with Crippen molar-refractivity contribution in [2.45, 2.75) is 44.9 Å². The van der Waals surface area contributed by atoms with Crippen molar-refractivity contribution < 1.29 is 18.1 Å². The Morgan fingerprint density at radius 3 is 2.83 bits per heavy atom. The normalized spacial score (nSPS) is 17.1. The lowest BCUT2D eigenvalue weighted by molar-refractivity contribution is 0.0656. The van der Waals surface area contributed by atoms with E-state index in [4.69, 9.17) is 8.94 Å². The van der Waals surface area contributed by atoms with Crippen LogP contribution in [0.25, 0.3) is 0 Å². The van der Waals surface area contributed by atoms with E-state index < -0.39 is 0 Å². The molecule has 152 valence electrons. The molecule has 2 aromatic heterocycles. The summed E-state index contributed by atoms with van der Waals surface area (Å²) in [6.07, 6.45) is 4.05. The van der Waals surface area contributed by atoms with E-state index in [1.165, 1.54) is 12.1 Å². The highest BCUT2D eigenvalue weighted by Gasteiger charge is 2.30. The number of piperidine rings is 1. The number of aromatic nitrogens is 2. The molecule has 0 radical (unpaired) electrons. The summed E-state index contributed by atoms with van der Waals surface area (Å²) in [6, 6.07) is 8.07. The van der Waals surface area contributed by atoms with Gasteiger partial charge in [0.25, 0.3) is 5.91 Å². The van der Waals surface area contributed by atoms with Crippen LogP contribution in [0.15, 0.2) is 45.5 Å². The van der Waals surface area contributed by atoms with Crippen molar-refractivity contribution in [3.8, 4) is 0 Å². The van der Waals surface area contributed by atoms with Crippen LogP contribution in [-0.4, -0.2) is 34.0 Å². The number of hydrogen-bond donors (Lipinski definition) is 0. The third-order valence-electron chi connectivity index (χ3n) is 5.25. The Balaban J connectivity index is 1.42. The maximum Gasteiger partial charge on any atom is 0.292 e. The molecule has 3 aromatic rings. The van der Waals surface area contributed by atoms with Crippen LogP contribution in [0.5, 0.6) is 0 Å². The van der Waals surface area contributed by atoms with Crippen LogP contribution in [0, 0.1) is 5.82 Å². The van der Waals surface area contributed by atoms with Crippen molar-refractivity contribution in [3.05, 3.63) is 71.0 Å². The summed E-state index contributed by atoms with van der Waals surface area (Å²) in [5, 5.41) is 3.98. The standard InChI is InChI=1S/C22H24FN3O3/c1-14(2)19-11-20(29-25-19)22(27)26-9-3-4-16(13-26)21-24-12-18(28-21)10-15-5-7-17(23)8-6-15/h5-8,11-12,14,16H,3-4,9-10,13H2,1-2H3/t16-/m1/s1. The van der Waals surface area contributed by atoms with E-state index in [1.54, 1.807) is 29.3 Å². The molecule has 7 heteroatoms. The van der Waals surface area contributed by atoms with E-state index in [2.05, 4.69) is 10.1 Å². The smallest absolute Gasteiger partial charge is 0.292 e. The summed E-state index contributed by atoms with van der Waals surface area (Å²) in [5.41, 5.74) is 1.74. The summed E-state index contributed by atoms with van der Waals surface area (Å²) >= 11 is 0. The maximum atomic E-state index is 13.1. The molecule has 1 saturated heterocycles. The average molecular weight is 397 g/mol. The zero-order valence-electron chi connectivity index (χ0n) is 16.6. The fourth-order valence-electron chi connectivity index (χ4n) is 3.58. The van der Waals surface area contributed by atoms with Gasteiger partial charge in [-0.2, -0.15) is 0 Å². The van der Waals surface area contributed by atoms with Crippen LogP contribution < -0.4 is 0 Å². The molecule has 1 aliphatic heterocycles. The molecule has 1 aromatic carbocycles. The van der Waals surface area contributed by atoms with Crippen molar-refractivity contribution in [1.82, 2.24) is 15.0 Å². The lowest BCUT2D eigenvalue weighted by atomic mass is 9.97. The Kier molecular flexibility index (Phi) is 5.47. The fourth-order valence-corrected chi connectivity index (χ4v) is 3.58. The molecule has 0 bridgehead atoms. The van der Waals surface area contributed by atoms with E-state index in [0.717, 1.165) is 29.9 Å². The van der Waals surface area contributed by atoms with E-state index in [1.807, 2.05) is 13.8 Å². The second-order valence-electron chi connectivity index (χ2n) is 7.83. The number of carbonyl (C=O) groups excluding carboxylic acids is 1. The maximum absolute atomic E-state index is 13.1. The molecule has 29 heavy (non-hydrogen) atoms. The minimum Gasteiger partial charge on any atom is -0.445 e. The van der Waals surface area contributed by atoms with Gasteiger partial charge < -0.3 is 13.8 Å². The predicted octanol–water partition coefficient (Wildman–Crippen LogP) is 4.54. The predicted molar refractivity (Wildman–Crippen MR) is 104 cm³/mol. The molecule has 0 spiro atoms. The molecule has 1 amide bonds. The van der Waals surface area contributed by atoms with Crippen LogP contribution in [0.1, 0.15) is 72.0 Å². The van der Waals surface area contributed by atoms with Gasteiger partial charge in [-0.3, -0.25) is 4.79 Å². The first-order valence-corrected chi connectivity index (χ1v) is 9.94. The number of likely N-dealkylation sites (tertiary alicyclic amines) is 1. The molecule has 1 fully saturated rings. The fraction of sp³-hybridized carbons (Fsp3) is 0.409. The molecule has 3 heterocycles. The summed E-state index contributed by atoms with van der Waals surface area (Å²) in [4.78, 5) is 19.0. The first kappa shape index (κ1) is 19.4. The van der Waals surface area contributed by atoms with Crippen LogP contribution in [0.4, 0.5) is 4.39 Å². The van der Waals surface area contributed by atoms with Gasteiger partial charge in [0.1, 0.15) is 11.6 Å². The van der Waals surface area contributed by atoms with Gasteiger partial charge in [0.15, 0.2) is 5.89 Å². The van der Waals surface area contributed by atoms with Crippen molar-refractivity contribution in [2.24, 2.45) is 0 Å². The number of nitrogens with zero attached hydrogens (tertiary/aromatic N) is 3. The largest absolute Gasteiger partial charge is 0.445 e. The van der Waals surface area contributed by atoms with Gasteiger partial charge in [-0.1, -0.05) is 31.1 Å². The summed E-state index contributed by atoms with van der Waals surface area (Å²) in [7, 11) is 0. The van der Waals surface area contributed by atoms with Crippen molar-refractivity contribution >= 4 is 5.91 Å². The first-order valence-electron chi connectivity index (χ1n) is 9.94. The Morgan fingerprint density at radius 2 is 2.10 bits per heavy atom. The summed E-state index contributed by atoms with van der Waals surface area (Å²) in [5.74, 6) is 1.49. The zero-order valence-corrected chi connectivity index (χ0v) is 16.6. The number of rotatable bonds is 5. The van der Waals surface area contributed by atoms with Crippen LogP contribution in [0.2, 0.25) is 0 Å². The second-order valence-corrected chi connectivity index (χ2v) is 7.83. The van der Waals surface area contributed by atoms with Crippen LogP contribution in [0.3, 0.4) is 0 Å². The molecule has 1 atom stereocenters. The monoisotopic (exact) mass is 397 g/mol. The number of benzene rings is 1. The van der Waals surface area contributed by atoms with E-state index in [9.17, 15) is 9.18 Å². The highest BCUT2D eigenvalue weighted by Crippen LogP contribution is 2.28.